The molecule has 5 heteroatoms. The average Bonchev–Trinajstić information content (AvgIpc) is 2.60. The Bertz CT molecular complexity index is 895. The van der Waals surface area contributed by atoms with Gasteiger partial charge in [-0.3, -0.25) is 4.79 Å². The zero-order valence-electron chi connectivity index (χ0n) is 15.9. The molecule has 0 aromatic heterocycles. The zero-order valence-corrected chi connectivity index (χ0v) is 17.5. The van der Waals surface area contributed by atoms with Crippen molar-refractivity contribution in [3.63, 3.8) is 0 Å². The summed E-state index contributed by atoms with van der Waals surface area (Å²) in [7, 11) is 0. The first-order valence-electron chi connectivity index (χ1n) is 8.78. The largest absolute Gasteiger partial charge is 0.507 e. The molecule has 2 rings (SSSR count). The van der Waals surface area contributed by atoms with Crippen LogP contribution in [-0.4, -0.2) is 11.0 Å². The van der Waals surface area contributed by atoms with E-state index in [9.17, 15) is 15.2 Å². The first-order chi connectivity index (χ1) is 12.7. The van der Waals surface area contributed by atoms with Crippen LogP contribution in [-0.2, 0) is 4.79 Å². The SMILES string of the molecule is CC(C)c1cc(/C=C(\C#N)C(=O)Nc2cccc(Br)c2)cc(C(C)C)c1O. The summed E-state index contributed by atoms with van der Waals surface area (Å²) in [6.07, 6.45) is 1.56. The number of nitriles is 1. The fourth-order valence-electron chi connectivity index (χ4n) is 2.75. The number of hydrogen-bond acceptors (Lipinski definition) is 3. The van der Waals surface area contributed by atoms with Gasteiger partial charge in [-0.05, 0) is 64.9 Å². The molecule has 2 aromatic rings. The standard InChI is InChI=1S/C22H23BrN2O2/c1-13(2)19-9-15(10-20(14(3)4)21(19)26)8-16(12-24)22(27)25-18-7-5-6-17(23)11-18/h5-11,13-14,26H,1-4H3,(H,25,27)/b16-8+. The van der Waals surface area contributed by atoms with Crippen LogP contribution in [0.2, 0.25) is 0 Å². The average molecular weight is 427 g/mol. The van der Waals surface area contributed by atoms with Crippen LogP contribution in [0.4, 0.5) is 5.69 Å². The number of nitrogens with one attached hydrogen (secondary N) is 1. The molecule has 0 saturated carbocycles. The maximum Gasteiger partial charge on any atom is 0.266 e. The minimum atomic E-state index is -0.471. The molecule has 0 unspecified atom stereocenters. The van der Waals surface area contributed by atoms with Crippen LogP contribution in [0.15, 0.2) is 46.4 Å². The molecule has 140 valence electrons. The summed E-state index contributed by atoms with van der Waals surface area (Å²) in [6, 6.07) is 12.8. The molecule has 0 aliphatic rings. The Morgan fingerprint density at radius 3 is 2.22 bits per heavy atom. The van der Waals surface area contributed by atoms with E-state index < -0.39 is 5.91 Å². The molecule has 0 spiro atoms. The van der Waals surface area contributed by atoms with Gasteiger partial charge in [0, 0.05) is 10.2 Å². The first-order valence-corrected chi connectivity index (χ1v) is 9.57. The lowest BCUT2D eigenvalue weighted by Gasteiger charge is -2.16. The van der Waals surface area contributed by atoms with Crippen LogP contribution >= 0.6 is 15.9 Å². The lowest BCUT2D eigenvalue weighted by Crippen LogP contribution is -2.13. The van der Waals surface area contributed by atoms with Crippen LogP contribution in [0.3, 0.4) is 0 Å². The summed E-state index contributed by atoms with van der Waals surface area (Å²) in [5.41, 5.74) is 2.94. The molecule has 2 N–H and O–H groups in total. The van der Waals surface area contributed by atoms with Crippen molar-refractivity contribution >= 4 is 33.6 Å². The monoisotopic (exact) mass is 426 g/mol. The Hall–Kier alpha value is -2.58. The number of amides is 1. The van der Waals surface area contributed by atoms with Gasteiger partial charge in [0.2, 0.25) is 0 Å². The summed E-state index contributed by atoms with van der Waals surface area (Å²) in [5, 5.41) is 22.7. The van der Waals surface area contributed by atoms with Crippen LogP contribution in [0.5, 0.6) is 5.75 Å². The second-order valence-electron chi connectivity index (χ2n) is 6.99. The molecular weight excluding hydrogens is 404 g/mol. The molecule has 0 saturated heterocycles. The molecule has 0 bridgehead atoms. The number of aromatic hydroxyl groups is 1. The minimum Gasteiger partial charge on any atom is -0.507 e. The maximum atomic E-state index is 12.5. The third-order valence-electron chi connectivity index (χ3n) is 4.19. The number of phenols is 1. The summed E-state index contributed by atoms with van der Waals surface area (Å²) in [6.45, 7) is 7.99. The van der Waals surface area contributed by atoms with Crippen molar-refractivity contribution < 1.29 is 9.90 Å². The molecule has 27 heavy (non-hydrogen) atoms. The lowest BCUT2D eigenvalue weighted by molar-refractivity contribution is -0.112. The van der Waals surface area contributed by atoms with Gasteiger partial charge in [-0.25, -0.2) is 0 Å². The van der Waals surface area contributed by atoms with Gasteiger partial charge >= 0.3 is 0 Å². The predicted molar refractivity (Wildman–Crippen MR) is 113 cm³/mol. The number of rotatable bonds is 5. The van der Waals surface area contributed by atoms with E-state index in [1.807, 2.05) is 52.0 Å². The summed E-state index contributed by atoms with van der Waals surface area (Å²) < 4.78 is 0.837. The zero-order chi connectivity index (χ0) is 20.1. The molecule has 2 aromatic carbocycles. The van der Waals surface area contributed by atoms with Crippen molar-refractivity contribution in [2.45, 2.75) is 39.5 Å². The van der Waals surface area contributed by atoms with Crippen LogP contribution in [0.1, 0.15) is 56.2 Å². The Labute approximate surface area is 168 Å². The molecule has 0 aliphatic carbocycles. The van der Waals surface area contributed by atoms with E-state index in [0.717, 1.165) is 21.2 Å². The lowest BCUT2D eigenvalue weighted by atomic mass is 9.91. The van der Waals surface area contributed by atoms with Gasteiger partial charge in [0.15, 0.2) is 0 Å². The van der Waals surface area contributed by atoms with Gasteiger partial charge in [0.05, 0.1) is 0 Å². The molecule has 0 fully saturated rings. The number of benzene rings is 2. The molecule has 0 aliphatic heterocycles. The number of halogens is 1. The number of anilines is 1. The summed E-state index contributed by atoms with van der Waals surface area (Å²) >= 11 is 3.36. The van der Waals surface area contributed by atoms with Gasteiger partial charge in [0.1, 0.15) is 17.4 Å². The van der Waals surface area contributed by atoms with Crippen molar-refractivity contribution in [3.05, 3.63) is 63.1 Å². The molecule has 0 radical (unpaired) electrons. The van der Waals surface area contributed by atoms with Crippen molar-refractivity contribution in [3.8, 4) is 11.8 Å². The third kappa shape index (κ3) is 5.21. The summed E-state index contributed by atoms with van der Waals surface area (Å²) in [5.74, 6) is 0.0591. The van der Waals surface area contributed by atoms with Crippen molar-refractivity contribution in [1.29, 1.82) is 5.26 Å². The van der Waals surface area contributed by atoms with Gasteiger partial charge in [-0.2, -0.15) is 5.26 Å². The fourth-order valence-corrected chi connectivity index (χ4v) is 3.15. The second-order valence-corrected chi connectivity index (χ2v) is 7.91. The highest BCUT2D eigenvalue weighted by Crippen LogP contribution is 2.35. The van der Waals surface area contributed by atoms with E-state index in [1.54, 1.807) is 24.3 Å². The van der Waals surface area contributed by atoms with E-state index >= 15 is 0 Å². The van der Waals surface area contributed by atoms with Crippen molar-refractivity contribution in [2.24, 2.45) is 0 Å². The van der Waals surface area contributed by atoms with E-state index in [1.165, 1.54) is 0 Å². The van der Waals surface area contributed by atoms with E-state index in [4.69, 9.17) is 0 Å². The smallest absolute Gasteiger partial charge is 0.266 e. The van der Waals surface area contributed by atoms with Crippen molar-refractivity contribution in [1.82, 2.24) is 0 Å². The normalized spacial score (nSPS) is 11.6. The Morgan fingerprint density at radius 1 is 1.15 bits per heavy atom. The van der Waals surface area contributed by atoms with Gasteiger partial charge < -0.3 is 10.4 Å². The second kappa shape index (κ2) is 8.88. The molecule has 1 amide bonds. The highest BCUT2D eigenvalue weighted by Gasteiger charge is 2.16. The van der Waals surface area contributed by atoms with Crippen LogP contribution < -0.4 is 5.32 Å². The minimum absolute atomic E-state index is 0.00470. The number of phenolic OH excluding ortho intramolecular Hbond substituents is 1. The maximum absolute atomic E-state index is 12.5. The Balaban J connectivity index is 2.42. The van der Waals surface area contributed by atoms with Crippen molar-refractivity contribution in [2.75, 3.05) is 5.32 Å². The quantitative estimate of drug-likeness (QED) is 0.458. The highest BCUT2D eigenvalue weighted by atomic mass is 79.9. The first kappa shape index (κ1) is 20.7. The number of hydrogen-bond donors (Lipinski definition) is 2. The highest BCUT2D eigenvalue weighted by molar-refractivity contribution is 9.10. The summed E-state index contributed by atoms with van der Waals surface area (Å²) in [4.78, 5) is 12.5. The van der Waals surface area contributed by atoms with E-state index in [-0.39, 0.29) is 23.2 Å². The topological polar surface area (TPSA) is 73.1 Å². The number of nitrogens with zero attached hydrogens (tertiary/aromatic N) is 1. The molecule has 0 heterocycles. The number of carbonyl (C=O) groups is 1. The van der Waals surface area contributed by atoms with E-state index in [2.05, 4.69) is 21.2 Å². The third-order valence-corrected chi connectivity index (χ3v) is 4.69. The number of carbonyl (C=O) groups excluding carboxylic acids is 1. The van der Waals surface area contributed by atoms with Crippen LogP contribution in [0, 0.1) is 11.3 Å². The van der Waals surface area contributed by atoms with Crippen LogP contribution in [0.25, 0.3) is 6.08 Å². The van der Waals surface area contributed by atoms with E-state index in [0.29, 0.717) is 5.69 Å². The predicted octanol–water partition coefficient (Wildman–Crippen LogP) is 5.95. The Morgan fingerprint density at radius 2 is 1.74 bits per heavy atom. The van der Waals surface area contributed by atoms with Gasteiger partial charge in [-0.15, -0.1) is 0 Å². The fraction of sp³-hybridized carbons (Fsp3) is 0.273. The van der Waals surface area contributed by atoms with Gasteiger partial charge in [0.25, 0.3) is 5.91 Å². The molecular formula is C22H23BrN2O2. The molecule has 4 nitrogen and oxygen atoms in total. The van der Waals surface area contributed by atoms with Gasteiger partial charge in [-0.1, -0.05) is 49.7 Å². The molecule has 0 atom stereocenters. The Kier molecular flexibility index (Phi) is 6.81.